The number of likely N-dealkylation sites (N-methyl/N-ethyl adjacent to an activating group) is 1. The Bertz CT molecular complexity index is 398. The first-order valence-corrected chi connectivity index (χ1v) is 7.19. The van der Waals surface area contributed by atoms with Crippen LogP contribution in [-0.2, 0) is 6.42 Å². The summed E-state index contributed by atoms with van der Waals surface area (Å²) in [6.45, 7) is 0. The summed E-state index contributed by atoms with van der Waals surface area (Å²) in [5.41, 5.74) is 2.99. The summed E-state index contributed by atoms with van der Waals surface area (Å²) in [4.78, 5) is 0. The normalized spacial score (nSPS) is 17.6. The van der Waals surface area contributed by atoms with Gasteiger partial charge in [0.1, 0.15) is 0 Å². The minimum Gasteiger partial charge on any atom is -0.313 e. The maximum atomic E-state index is 3.53. The standard InChI is InChI=1S/C15H20BrN/c1-17-15(13-7-3-2-4-8-13)11-12-6-5-9-14(16)10-12/h5-7,9-10,15,17H,2-4,8,11H2,1H3. The zero-order valence-corrected chi connectivity index (χ0v) is 12.0. The van der Waals surface area contributed by atoms with Crippen molar-refractivity contribution in [2.75, 3.05) is 7.05 Å². The topological polar surface area (TPSA) is 12.0 Å². The Morgan fingerprint density at radius 3 is 2.88 bits per heavy atom. The Labute approximate surface area is 112 Å². The fraction of sp³-hybridized carbons (Fsp3) is 0.467. The highest BCUT2D eigenvalue weighted by Gasteiger charge is 2.14. The van der Waals surface area contributed by atoms with E-state index in [0.29, 0.717) is 6.04 Å². The van der Waals surface area contributed by atoms with Gasteiger partial charge in [-0.25, -0.2) is 0 Å². The van der Waals surface area contributed by atoms with Gasteiger partial charge >= 0.3 is 0 Å². The van der Waals surface area contributed by atoms with Gasteiger partial charge in [0, 0.05) is 10.5 Å². The van der Waals surface area contributed by atoms with Gasteiger partial charge in [-0.1, -0.05) is 39.7 Å². The quantitative estimate of drug-likeness (QED) is 0.825. The Morgan fingerprint density at radius 1 is 1.35 bits per heavy atom. The molecule has 1 atom stereocenters. The molecule has 0 aromatic heterocycles. The largest absolute Gasteiger partial charge is 0.313 e. The lowest BCUT2D eigenvalue weighted by Crippen LogP contribution is -2.30. The van der Waals surface area contributed by atoms with Crippen LogP contribution in [0.25, 0.3) is 0 Å². The second kappa shape index (κ2) is 6.36. The second-order valence-corrected chi connectivity index (χ2v) is 5.62. The molecule has 0 saturated carbocycles. The minimum absolute atomic E-state index is 0.504. The van der Waals surface area contributed by atoms with Crippen LogP contribution in [0.15, 0.2) is 40.4 Å². The van der Waals surface area contributed by atoms with Crippen LogP contribution in [0.4, 0.5) is 0 Å². The maximum Gasteiger partial charge on any atom is 0.0317 e. The molecule has 2 heteroatoms. The molecule has 0 saturated heterocycles. The smallest absolute Gasteiger partial charge is 0.0317 e. The highest BCUT2D eigenvalue weighted by atomic mass is 79.9. The molecule has 0 amide bonds. The summed E-state index contributed by atoms with van der Waals surface area (Å²) in [5.74, 6) is 0. The van der Waals surface area contributed by atoms with Crippen LogP contribution >= 0.6 is 15.9 Å². The molecule has 1 aromatic rings. The van der Waals surface area contributed by atoms with Crippen molar-refractivity contribution in [2.45, 2.75) is 38.1 Å². The number of hydrogen-bond acceptors (Lipinski definition) is 1. The number of allylic oxidation sites excluding steroid dienone is 1. The van der Waals surface area contributed by atoms with Gasteiger partial charge in [0.15, 0.2) is 0 Å². The summed E-state index contributed by atoms with van der Waals surface area (Å²) in [5, 5.41) is 3.46. The molecule has 0 spiro atoms. The number of benzene rings is 1. The Morgan fingerprint density at radius 2 is 2.24 bits per heavy atom. The first-order valence-electron chi connectivity index (χ1n) is 6.40. The molecular formula is C15H20BrN. The van der Waals surface area contributed by atoms with Gasteiger partial charge in [-0.3, -0.25) is 0 Å². The number of hydrogen-bond donors (Lipinski definition) is 1. The van der Waals surface area contributed by atoms with Gasteiger partial charge < -0.3 is 5.32 Å². The fourth-order valence-electron chi connectivity index (χ4n) is 2.50. The summed E-state index contributed by atoms with van der Waals surface area (Å²) in [6.07, 6.45) is 8.75. The summed E-state index contributed by atoms with van der Waals surface area (Å²) in [7, 11) is 2.07. The third-order valence-corrected chi connectivity index (χ3v) is 3.94. The summed E-state index contributed by atoms with van der Waals surface area (Å²) >= 11 is 3.53. The molecule has 2 rings (SSSR count). The van der Waals surface area contributed by atoms with Crippen molar-refractivity contribution in [3.05, 3.63) is 46.0 Å². The average Bonchev–Trinajstić information content (AvgIpc) is 2.37. The lowest BCUT2D eigenvalue weighted by atomic mass is 9.90. The van der Waals surface area contributed by atoms with Crippen LogP contribution in [0, 0.1) is 0 Å². The molecule has 1 unspecified atom stereocenters. The van der Waals surface area contributed by atoms with Crippen molar-refractivity contribution >= 4 is 15.9 Å². The van der Waals surface area contributed by atoms with E-state index in [1.165, 1.54) is 35.7 Å². The lowest BCUT2D eigenvalue weighted by Gasteiger charge is -2.23. The van der Waals surface area contributed by atoms with Crippen molar-refractivity contribution in [1.29, 1.82) is 0 Å². The van der Waals surface area contributed by atoms with Gasteiger partial charge in [-0.2, -0.15) is 0 Å². The Kier molecular flexibility index (Phi) is 4.81. The highest BCUT2D eigenvalue weighted by molar-refractivity contribution is 9.10. The van der Waals surface area contributed by atoms with Crippen LogP contribution in [0.5, 0.6) is 0 Å². The van der Waals surface area contributed by atoms with Gasteiger partial charge in [0.25, 0.3) is 0 Å². The first-order chi connectivity index (χ1) is 8.29. The number of nitrogens with one attached hydrogen (secondary N) is 1. The molecular weight excluding hydrogens is 274 g/mol. The molecule has 0 fully saturated rings. The van der Waals surface area contributed by atoms with Crippen molar-refractivity contribution in [2.24, 2.45) is 0 Å². The second-order valence-electron chi connectivity index (χ2n) is 4.70. The molecule has 1 nitrogen and oxygen atoms in total. The van der Waals surface area contributed by atoms with Gasteiger partial charge in [0.2, 0.25) is 0 Å². The minimum atomic E-state index is 0.504. The fourth-order valence-corrected chi connectivity index (χ4v) is 2.94. The molecule has 92 valence electrons. The maximum absolute atomic E-state index is 3.53. The van der Waals surface area contributed by atoms with E-state index in [4.69, 9.17) is 0 Å². The van der Waals surface area contributed by atoms with Crippen LogP contribution in [0.3, 0.4) is 0 Å². The molecule has 0 aliphatic heterocycles. The molecule has 1 N–H and O–H groups in total. The zero-order valence-electron chi connectivity index (χ0n) is 10.4. The van der Waals surface area contributed by atoms with E-state index in [2.05, 4.69) is 58.6 Å². The highest BCUT2D eigenvalue weighted by Crippen LogP contribution is 2.23. The number of halogens is 1. The predicted octanol–water partition coefficient (Wildman–Crippen LogP) is 4.08. The third-order valence-electron chi connectivity index (χ3n) is 3.45. The molecule has 17 heavy (non-hydrogen) atoms. The van der Waals surface area contributed by atoms with Crippen molar-refractivity contribution in [1.82, 2.24) is 5.32 Å². The molecule has 0 radical (unpaired) electrons. The van der Waals surface area contributed by atoms with E-state index in [-0.39, 0.29) is 0 Å². The van der Waals surface area contributed by atoms with Gasteiger partial charge in [0.05, 0.1) is 0 Å². The van der Waals surface area contributed by atoms with Crippen LogP contribution in [0.2, 0.25) is 0 Å². The Balaban J connectivity index is 2.06. The number of rotatable bonds is 4. The average molecular weight is 294 g/mol. The van der Waals surface area contributed by atoms with Crippen LogP contribution in [0.1, 0.15) is 31.2 Å². The first kappa shape index (κ1) is 12.8. The van der Waals surface area contributed by atoms with E-state index in [1.54, 1.807) is 5.57 Å². The van der Waals surface area contributed by atoms with E-state index < -0.39 is 0 Å². The van der Waals surface area contributed by atoms with E-state index in [9.17, 15) is 0 Å². The van der Waals surface area contributed by atoms with E-state index in [0.717, 1.165) is 6.42 Å². The Hall–Kier alpha value is -0.600. The van der Waals surface area contributed by atoms with E-state index >= 15 is 0 Å². The molecule has 1 aliphatic rings. The summed E-state index contributed by atoms with van der Waals surface area (Å²) < 4.78 is 1.17. The van der Waals surface area contributed by atoms with Gasteiger partial charge in [-0.05, 0) is 56.8 Å². The SMILES string of the molecule is CNC(Cc1cccc(Br)c1)C1=CCCCC1. The van der Waals surface area contributed by atoms with Crippen LogP contribution < -0.4 is 5.32 Å². The lowest BCUT2D eigenvalue weighted by molar-refractivity contribution is 0.569. The van der Waals surface area contributed by atoms with Crippen molar-refractivity contribution in [3.63, 3.8) is 0 Å². The molecule has 0 bridgehead atoms. The van der Waals surface area contributed by atoms with Crippen molar-refractivity contribution < 1.29 is 0 Å². The molecule has 0 heterocycles. The van der Waals surface area contributed by atoms with Crippen molar-refractivity contribution in [3.8, 4) is 0 Å². The van der Waals surface area contributed by atoms with Gasteiger partial charge in [-0.15, -0.1) is 0 Å². The van der Waals surface area contributed by atoms with E-state index in [1.807, 2.05) is 0 Å². The predicted molar refractivity (Wildman–Crippen MR) is 77.2 cm³/mol. The summed E-state index contributed by atoms with van der Waals surface area (Å²) in [6, 6.07) is 9.12. The third kappa shape index (κ3) is 3.68. The molecule has 1 aliphatic carbocycles. The zero-order chi connectivity index (χ0) is 12.1. The van der Waals surface area contributed by atoms with Crippen LogP contribution in [-0.4, -0.2) is 13.1 Å². The monoisotopic (exact) mass is 293 g/mol. The molecule has 1 aromatic carbocycles.